The molecule has 190 valence electrons. The van der Waals surface area contributed by atoms with E-state index in [1.165, 1.54) is 0 Å². The van der Waals surface area contributed by atoms with Gasteiger partial charge in [-0.3, -0.25) is 0 Å². The molecule has 1 aromatic carbocycles. The van der Waals surface area contributed by atoms with E-state index in [4.69, 9.17) is 28.1 Å². The fraction of sp³-hybridized carbons (Fsp3) is 0.769. The summed E-state index contributed by atoms with van der Waals surface area (Å²) in [6, 6.07) is 10.0. The number of ether oxygens (including phenoxy) is 5. The Labute approximate surface area is 204 Å². The van der Waals surface area contributed by atoms with E-state index in [0.717, 1.165) is 18.4 Å². The quantitative estimate of drug-likeness (QED) is 0.476. The van der Waals surface area contributed by atoms with Crippen LogP contribution in [0.2, 0.25) is 19.6 Å². The van der Waals surface area contributed by atoms with Crippen LogP contribution < -0.4 is 0 Å². The highest BCUT2D eigenvalue weighted by molar-refractivity contribution is 6.69. The Morgan fingerprint density at radius 2 is 1.74 bits per heavy atom. The van der Waals surface area contributed by atoms with Gasteiger partial charge in [0.15, 0.2) is 14.6 Å². The van der Waals surface area contributed by atoms with Crippen molar-refractivity contribution in [3.8, 4) is 0 Å². The lowest BCUT2D eigenvalue weighted by atomic mass is 9.74. The molecule has 0 spiro atoms. The lowest BCUT2D eigenvalue weighted by Crippen LogP contribution is -2.68. The predicted molar refractivity (Wildman–Crippen MR) is 129 cm³/mol. The van der Waals surface area contributed by atoms with Crippen LogP contribution >= 0.6 is 0 Å². The molecule has 5 rings (SSSR count). The topological polar surface area (TPSA) is 78.9 Å². The molecule has 1 aromatic rings. The first-order valence-corrected chi connectivity index (χ1v) is 16.0. The monoisotopic (exact) mass is 492 g/mol. The molecule has 4 heterocycles. The summed E-state index contributed by atoms with van der Waals surface area (Å²) >= 11 is 0. The molecule has 0 aliphatic carbocycles. The molecule has 4 aliphatic heterocycles. The zero-order valence-electron chi connectivity index (χ0n) is 21.3. The lowest BCUT2D eigenvalue weighted by molar-refractivity contribution is -0.353. The maximum absolute atomic E-state index is 9.72. The molecule has 34 heavy (non-hydrogen) atoms. The van der Waals surface area contributed by atoms with Crippen molar-refractivity contribution < 1.29 is 33.2 Å². The second kappa shape index (κ2) is 8.63. The molecule has 1 N–H and O–H groups in total. The summed E-state index contributed by atoms with van der Waals surface area (Å²) in [7, 11) is -1.88. The summed E-state index contributed by atoms with van der Waals surface area (Å²) in [4.78, 5) is 0. The van der Waals surface area contributed by atoms with Crippen molar-refractivity contribution in [2.75, 3.05) is 13.2 Å². The highest BCUT2D eigenvalue weighted by Gasteiger charge is 2.62. The van der Waals surface area contributed by atoms with Crippen LogP contribution in [0.3, 0.4) is 0 Å². The number of aliphatic hydroxyl groups excluding tert-OH is 1. The summed E-state index contributed by atoms with van der Waals surface area (Å²) in [6.07, 6.45) is 1.24. The number of aliphatic hydroxyl groups is 1. The minimum Gasteiger partial charge on any atom is -0.410 e. The maximum atomic E-state index is 9.72. The molecule has 9 atom stereocenters. The minimum absolute atomic E-state index is 0.0126. The second-order valence-electron chi connectivity index (χ2n) is 12.1. The maximum Gasteiger partial charge on any atom is 0.184 e. The average molecular weight is 493 g/mol. The number of hydrogen-bond acceptors (Lipinski definition) is 7. The van der Waals surface area contributed by atoms with Gasteiger partial charge in [-0.1, -0.05) is 30.3 Å². The largest absolute Gasteiger partial charge is 0.410 e. The van der Waals surface area contributed by atoms with Gasteiger partial charge in [0.2, 0.25) is 0 Å². The predicted octanol–water partition coefficient (Wildman–Crippen LogP) is 3.96. The number of epoxide rings is 1. The second-order valence-corrected chi connectivity index (χ2v) is 16.5. The first-order chi connectivity index (χ1) is 15.9. The molecule has 4 saturated heterocycles. The highest BCUT2D eigenvalue weighted by Crippen LogP contribution is 2.51. The Kier molecular flexibility index (Phi) is 6.30. The van der Waals surface area contributed by atoms with Crippen LogP contribution in [0.25, 0.3) is 0 Å². The summed E-state index contributed by atoms with van der Waals surface area (Å²) in [6.45, 7) is 13.4. The Hall–Kier alpha value is -0.843. The molecular weight excluding hydrogens is 452 g/mol. The molecule has 0 unspecified atom stereocenters. The van der Waals surface area contributed by atoms with E-state index in [2.05, 4.69) is 33.5 Å². The molecule has 0 bridgehead atoms. The van der Waals surface area contributed by atoms with Gasteiger partial charge in [0.1, 0.15) is 11.7 Å². The van der Waals surface area contributed by atoms with Crippen LogP contribution in [-0.2, 0) is 28.1 Å². The van der Waals surface area contributed by atoms with Crippen LogP contribution in [0.4, 0.5) is 0 Å². The Bertz CT molecular complexity index is 878. The third kappa shape index (κ3) is 4.76. The van der Waals surface area contributed by atoms with Crippen molar-refractivity contribution in [2.24, 2.45) is 0 Å². The molecule has 8 heteroatoms. The van der Waals surface area contributed by atoms with Gasteiger partial charge in [-0.25, -0.2) is 0 Å². The molecular formula is C26H40O7Si. The fourth-order valence-electron chi connectivity index (χ4n) is 6.10. The summed E-state index contributed by atoms with van der Waals surface area (Å²) in [5.74, 6) is 0. The third-order valence-corrected chi connectivity index (χ3v) is 8.85. The molecule has 7 nitrogen and oxygen atoms in total. The zero-order valence-corrected chi connectivity index (χ0v) is 22.3. The summed E-state index contributed by atoms with van der Waals surface area (Å²) in [5, 5.41) is 9.72. The van der Waals surface area contributed by atoms with Gasteiger partial charge in [0.05, 0.1) is 48.8 Å². The van der Waals surface area contributed by atoms with Gasteiger partial charge in [-0.2, -0.15) is 0 Å². The van der Waals surface area contributed by atoms with Crippen molar-refractivity contribution in [2.45, 2.75) is 113 Å². The normalized spacial score (nSPS) is 46.4. The van der Waals surface area contributed by atoms with E-state index in [9.17, 15) is 5.11 Å². The average Bonchev–Trinajstić information content (AvgIpc) is 3.41. The zero-order chi connectivity index (χ0) is 24.4. The van der Waals surface area contributed by atoms with Crippen LogP contribution in [0.1, 0.15) is 51.9 Å². The van der Waals surface area contributed by atoms with Gasteiger partial charge in [0.25, 0.3) is 0 Å². The molecule has 4 aliphatic rings. The minimum atomic E-state index is -1.88. The Morgan fingerprint density at radius 1 is 1.00 bits per heavy atom. The van der Waals surface area contributed by atoms with Gasteiger partial charge < -0.3 is 33.2 Å². The molecule has 4 fully saturated rings. The smallest absolute Gasteiger partial charge is 0.184 e. The van der Waals surface area contributed by atoms with E-state index in [0.29, 0.717) is 13.0 Å². The molecule has 0 amide bonds. The van der Waals surface area contributed by atoms with Gasteiger partial charge in [0, 0.05) is 24.8 Å². The molecule has 0 radical (unpaired) electrons. The first-order valence-electron chi connectivity index (χ1n) is 12.6. The molecule has 0 saturated carbocycles. The standard InChI is InChI=1S/C26H40O7Si/c1-24-15-25(2,33-34(4,5)6)21(13-22-26(3,16-27)32-22)30-20(24)12-18-19(31-24)14-28-23(29-18)17-10-8-7-9-11-17/h7-11,18-23,27H,12-16H2,1-6H3/t18-,19+,20+,21-,22+,23+,24-,25+,26+/m1/s1. The number of hydrogen-bond donors (Lipinski definition) is 1. The van der Waals surface area contributed by atoms with Crippen LogP contribution in [0, 0.1) is 0 Å². The van der Waals surface area contributed by atoms with Gasteiger partial charge >= 0.3 is 0 Å². The van der Waals surface area contributed by atoms with Crippen LogP contribution in [0.15, 0.2) is 30.3 Å². The Balaban J connectivity index is 1.35. The van der Waals surface area contributed by atoms with Gasteiger partial charge in [-0.15, -0.1) is 0 Å². The van der Waals surface area contributed by atoms with Crippen molar-refractivity contribution >= 4 is 8.32 Å². The van der Waals surface area contributed by atoms with Crippen molar-refractivity contribution in [3.05, 3.63) is 35.9 Å². The van der Waals surface area contributed by atoms with E-state index >= 15 is 0 Å². The number of fused-ring (bicyclic) bond motifs is 2. The third-order valence-electron chi connectivity index (χ3n) is 7.77. The van der Waals surface area contributed by atoms with Crippen molar-refractivity contribution in [3.63, 3.8) is 0 Å². The van der Waals surface area contributed by atoms with Crippen LogP contribution in [-0.4, -0.2) is 74.0 Å². The first kappa shape index (κ1) is 24.8. The lowest BCUT2D eigenvalue weighted by Gasteiger charge is -2.59. The molecule has 0 aromatic heterocycles. The van der Waals surface area contributed by atoms with E-state index in [1.807, 2.05) is 37.3 Å². The summed E-state index contributed by atoms with van der Waals surface area (Å²) in [5.41, 5.74) is -0.468. The van der Waals surface area contributed by atoms with Crippen molar-refractivity contribution in [1.82, 2.24) is 0 Å². The van der Waals surface area contributed by atoms with E-state index in [-0.39, 0.29) is 43.4 Å². The fourth-order valence-corrected chi connectivity index (χ4v) is 7.70. The number of benzene rings is 1. The van der Waals surface area contributed by atoms with Crippen molar-refractivity contribution in [1.29, 1.82) is 0 Å². The SMILES string of the molecule is C[C@@]12C[C@](C)(O[Si](C)(C)C)[C@@H](C[C@@H]3O[C@@]3(C)CO)O[C@H]1C[C@H]1O[C@@H](c3ccccc3)OC[C@@H]1O2. The van der Waals surface area contributed by atoms with Crippen LogP contribution in [0.5, 0.6) is 0 Å². The van der Waals surface area contributed by atoms with E-state index < -0.39 is 25.1 Å². The summed E-state index contributed by atoms with van der Waals surface area (Å²) < 4.78 is 38.6. The van der Waals surface area contributed by atoms with Gasteiger partial charge in [-0.05, 0) is 40.4 Å². The van der Waals surface area contributed by atoms with E-state index in [1.54, 1.807) is 0 Å². The highest BCUT2D eigenvalue weighted by atomic mass is 28.4. The Morgan fingerprint density at radius 3 is 2.38 bits per heavy atom. The number of rotatable bonds is 6.